The van der Waals surface area contributed by atoms with Crippen LogP contribution in [0.25, 0.3) is 0 Å². The molecule has 0 aliphatic heterocycles. The van der Waals surface area contributed by atoms with Gasteiger partial charge in [-0.15, -0.1) is 0 Å². The second-order valence-corrected chi connectivity index (χ2v) is 3.92. The lowest BCUT2D eigenvalue weighted by Crippen LogP contribution is -2.31. The standard InChI is InChI=1S/C13H14BNO4/c1-18-11-2-3-13(12(8-11)14(16)17)19-9-10-4-6-15-7-5-10/h2-8,16-17H,9H2,1H3. The topological polar surface area (TPSA) is 71.8 Å². The van der Waals surface area contributed by atoms with Crippen LogP contribution in [0.5, 0.6) is 11.5 Å². The van der Waals surface area contributed by atoms with Crippen molar-refractivity contribution in [2.45, 2.75) is 6.61 Å². The fourth-order valence-corrected chi connectivity index (χ4v) is 1.63. The molecule has 0 radical (unpaired) electrons. The Morgan fingerprint density at radius 2 is 1.89 bits per heavy atom. The number of nitrogens with zero attached hydrogens (tertiary/aromatic N) is 1. The van der Waals surface area contributed by atoms with E-state index < -0.39 is 7.12 Å². The summed E-state index contributed by atoms with van der Waals surface area (Å²) in [6.45, 7) is 0.328. The molecular formula is C13H14BNO4. The zero-order chi connectivity index (χ0) is 13.7. The van der Waals surface area contributed by atoms with E-state index >= 15 is 0 Å². The molecule has 0 atom stereocenters. The molecule has 19 heavy (non-hydrogen) atoms. The van der Waals surface area contributed by atoms with E-state index in [-0.39, 0.29) is 5.46 Å². The van der Waals surface area contributed by atoms with Crippen molar-refractivity contribution >= 4 is 12.6 Å². The highest BCUT2D eigenvalue weighted by molar-refractivity contribution is 6.59. The first-order valence-electron chi connectivity index (χ1n) is 5.76. The highest BCUT2D eigenvalue weighted by atomic mass is 16.5. The lowest BCUT2D eigenvalue weighted by Gasteiger charge is -2.12. The van der Waals surface area contributed by atoms with Crippen molar-refractivity contribution < 1.29 is 19.5 Å². The minimum absolute atomic E-state index is 0.272. The first kappa shape index (κ1) is 13.4. The van der Waals surface area contributed by atoms with Crippen LogP contribution in [0.2, 0.25) is 0 Å². The van der Waals surface area contributed by atoms with E-state index in [0.29, 0.717) is 18.1 Å². The molecule has 6 heteroatoms. The molecule has 2 aromatic rings. The summed E-state index contributed by atoms with van der Waals surface area (Å²) in [4.78, 5) is 3.92. The Labute approximate surface area is 111 Å². The van der Waals surface area contributed by atoms with Crippen molar-refractivity contribution in [3.05, 3.63) is 48.3 Å². The van der Waals surface area contributed by atoms with Crippen LogP contribution in [0.4, 0.5) is 0 Å². The van der Waals surface area contributed by atoms with Crippen molar-refractivity contribution in [3.8, 4) is 11.5 Å². The molecule has 5 nitrogen and oxygen atoms in total. The molecule has 0 saturated carbocycles. The Kier molecular flexibility index (Phi) is 4.38. The smallest absolute Gasteiger partial charge is 0.492 e. The van der Waals surface area contributed by atoms with Crippen LogP contribution in [-0.4, -0.2) is 29.3 Å². The molecule has 0 spiro atoms. The first-order chi connectivity index (χ1) is 9.20. The van der Waals surface area contributed by atoms with Crippen LogP contribution in [0.3, 0.4) is 0 Å². The lowest BCUT2D eigenvalue weighted by molar-refractivity contribution is 0.306. The summed E-state index contributed by atoms with van der Waals surface area (Å²) in [5, 5.41) is 18.7. The van der Waals surface area contributed by atoms with Crippen LogP contribution in [0, 0.1) is 0 Å². The van der Waals surface area contributed by atoms with Gasteiger partial charge in [0.05, 0.1) is 7.11 Å². The summed E-state index contributed by atoms with van der Waals surface area (Å²) < 4.78 is 10.6. The zero-order valence-electron chi connectivity index (χ0n) is 10.5. The largest absolute Gasteiger partial charge is 0.497 e. The highest BCUT2D eigenvalue weighted by Gasteiger charge is 2.18. The average molecular weight is 259 g/mol. The number of rotatable bonds is 5. The Bertz CT molecular complexity index is 533. The molecular weight excluding hydrogens is 245 g/mol. The molecule has 0 fully saturated rings. The summed E-state index contributed by atoms with van der Waals surface area (Å²) in [5.74, 6) is 0.951. The summed E-state index contributed by atoms with van der Waals surface area (Å²) in [6.07, 6.45) is 3.35. The number of ether oxygens (including phenoxy) is 2. The van der Waals surface area contributed by atoms with E-state index in [2.05, 4.69) is 4.98 Å². The molecule has 2 N–H and O–H groups in total. The van der Waals surface area contributed by atoms with Crippen molar-refractivity contribution in [2.24, 2.45) is 0 Å². The van der Waals surface area contributed by atoms with Gasteiger partial charge in [0, 0.05) is 17.9 Å². The summed E-state index contributed by atoms with van der Waals surface area (Å²) in [7, 11) is -0.0945. The Morgan fingerprint density at radius 3 is 2.53 bits per heavy atom. The highest BCUT2D eigenvalue weighted by Crippen LogP contribution is 2.16. The van der Waals surface area contributed by atoms with Gasteiger partial charge in [-0.3, -0.25) is 4.98 Å². The van der Waals surface area contributed by atoms with Gasteiger partial charge in [-0.1, -0.05) is 0 Å². The predicted octanol–water partition coefficient (Wildman–Crippen LogP) is 0.349. The molecule has 1 aromatic heterocycles. The van der Waals surface area contributed by atoms with E-state index in [1.165, 1.54) is 13.2 Å². The molecule has 0 amide bonds. The van der Waals surface area contributed by atoms with Gasteiger partial charge in [0.15, 0.2) is 0 Å². The monoisotopic (exact) mass is 259 g/mol. The first-order valence-corrected chi connectivity index (χ1v) is 5.76. The van der Waals surface area contributed by atoms with Gasteiger partial charge in [-0.25, -0.2) is 0 Å². The summed E-state index contributed by atoms with van der Waals surface area (Å²) >= 11 is 0. The van der Waals surface area contributed by atoms with Gasteiger partial charge in [-0.05, 0) is 35.9 Å². The van der Waals surface area contributed by atoms with Gasteiger partial charge >= 0.3 is 7.12 Å². The van der Waals surface area contributed by atoms with Crippen LogP contribution in [0.1, 0.15) is 5.56 Å². The Balaban J connectivity index is 2.15. The fraction of sp³-hybridized carbons (Fsp3) is 0.154. The maximum absolute atomic E-state index is 9.33. The van der Waals surface area contributed by atoms with Gasteiger partial charge < -0.3 is 19.5 Å². The third-order valence-electron chi connectivity index (χ3n) is 2.64. The molecule has 0 unspecified atom stereocenters. The maximum atomic E-state index is 9.33. The molecule has 0 saturated heterocycles. The fourth-order valence-electron chi connectivity index (χ4n) is 1.63. The van der Waals surface area contributed by atoms with E-state index in [4.69, 9.17) is 9.47 Å². The minimum Gasteiger partial charge on any atom is -0.497 e. The quantitative estimate of drug-likeness (QED) is 0.758. The van der Waals surface area contributed by atoms with E-state index in [1.807, 2.05) is 12.1 Å². The number of hydrogen-bond acceptors (Lipinski definition) is 5. The second kappa shape index (κ2) is 6.22. The van der Waals surface area contributed by atoms with Crippen molar-refractivity contribution in [2.75, 3.05) is 7.11 Å². The van der Waals surface area contributed by atoms with Crippen LogP contribution < -0.4 is 14.9 Å². The molecule has 0 aliphatic rings. The van der Waals surface area contributed by atoms with E-state index in [1.54, 1.807) is 24.5 Å². The maximum Gasteiger partial charge on any atom is 0.492 e. The lowest BCUT2D eigenvalue weighted by atomic mass is 9.79. The molecule has 2 rings (SSSR count). The molecule has 0 aliphatic carbocycles. The zero-order valence-corrected chi connectivity index (χ0v) is 10.5. The van der Waals surface area contributed by atoms with Crippen LogP contribution in [-0.2, 0) is 6.61 Å². The van der Waals surface area contributed by atoms with E-state index in [0.717, 1.165) is 5.56 Å². The molecule has 98 valence electrons. The average Bonchev–Trinajstić information content (AvgIpc) is 2.46. The van der Waals surface area contributed by atoms with E-state index in [9.17, 15) is 10.0 Å². The normalized spacial score (nSPS) is 10.1. The number of aromatic nitrogens is 1. The van der Waals surface area contributed by atoms with Crippen LogP contribution in [0.15, 0.2) is 42.7 Å². The molecule has 0 bridgehead atoms. The number of pyridine rings is 1. The van der Waals surface area contributed by atoms with Gasteiger partial charge in [0.25, 0.3) is 0 Å². The molecule has 1 aromatic carbocycles. The van der Waals surface area contributed by atoms with Crippen molar-refractivity contribution in [3.63, 3.8) is 0 Å². The minimum atomic E-state index is -1.61. The second-order valence-electron chi connectivity index (χ2n) is 3.92. The van der Waals surface area contributed by atoms with Gasteiger partial charge in [-0.2, -0.15) is 0 Å². The summed E-state index contributed by atoms with van der Waals surface area (Å²) in [6, 6.07) is 8.55. The number of hydrogen-bond donors (Lipinski definition) is 2. The third-order valence-corrected chi connectivity index (χ3v) is 2.64. The number of methoxy groups -OCH3 is 1. The Hall–Kier alpha value is -2.05. The van der Waals surface area contributed by atoms with Gasteiger partial charge in [0.1, 0.15) is 18.1 Å². The van der Waals surface area contributed by atoms with Gasteiger partial charge in [0.2, 0.25) is 0 Å². The summed E-state index contributed by atoms with van der Waals surface area (Å²) in [5.41, 5.74) is 1.22. The van der Waals surface area contributed by atoms with Crippen LogP contribution >= 0.6 is 0 Å². The van der Waals surface area contributed by atoms with Crippen molar-refractivity contribution in [1.29, 1.82) is 0 Å². The third kappa shape index (κ3) is 3.46. The van der Waals surface area contributed by atoms with Crippen molar-refractivity contribution in [1.82, 2.24) is 4.98 Å². The molecule has 1 heterocycles. The predicted molar refractivity (Wildman–Crippen MR) is 71.4 cm³/mol. The Morgan fingerprint density at radius 1 is 1.16 bits per heavy atom. The SMILES string of the molecule is COc1ccc(OCc2ccncc2)c(B(O)O)c1. The number of benzene rings is 1.